The van der Waals surface area contributed by atoms with E-state index in [-0.39, 0.29) is 52.7 Å². The molecule has 180 valence electrons. The van der Waals surface area contributed by atoms with E-state index in [1.54, 1.807) is 6.08 Å². The Morgan fingerprint density at radius 3 is 2.64 bits per heavy atom. The molecule has 0 amide bonds. The van der Waals surface area contributed by atoms with Crippen LogP contribution in [0.4, 0.5) is 0 Å². The number of ketones is 3. The summed E-state index contributed by atoms with van der Waals surface area (Å²) in [5.41, 5.74) is -1.29. The van der Waals surface area contributed by atoms with Gasteiger partial charge in [0.2, 0.25) is 0 Å². The molecular weight excluding hydrogens is 454 g/mol. The lowest BCUT2D eigenvalue weighted by atomic mass is 9.46. The Morgan fingerprint density at radius 1 is 1.18 bits per heavy atom. The third-order valence-electron chi connectivity index (χ3n) is 9.96. The van der Waals surface area contributed by atoms with Crippen molar-refractivity contribution in [2.75, 3.05) is 18.8 Å². The van der Waals surface area contributed by atoms with Crippen molar-refractivity contribution in [3.8, 4) is 0 Å². The van der Waals surface area contributed by atoms with Crippen LogP contribution in [-0.4, -0.2) is 56.1 Å². The van der Waals surface area contributed by atoms with E-state index < -0.39 is 11.0 Å². The summed E-state index contributed by atoms with van der Waals surface area (Å²) in [7, 11) is 0. The minimum absolute atomic E-state index is 0.0988. The van der Waals surface area contributed by atoms with E-state index in [0.717, 1.165) is 61.5 Å². The zero-order valence-corrected chi connectivity index (χ0v) is 21.4. The van der Waals surface area contributed by atoms with Gasteiger partial charge in [-0.25, -0.2) is 0 Å². The van der Waals surface area contributed by atoms with Crippen molar-refractivity contribution in [3.63, 3.8) is 0 Å². The second-order valence-corrected chi connectivity index (χ2v) is 13.1. The maximum absolute atomic E-state index is 13.7. The van der Waals surface area contributed by atoms with Gasteiger partial charge in [-0.05, 0) is 68.3 Å². The molecule has 0 aromatic heterocycles. The molecule has 4 aliphatic carbocycles. The summed E-state index contributed by atoms with van der Waals surface area (Å²) in [5, 5.41) is 11.8. The number of Topliss-reactive ketones (excluding diaryl/α,β-unsaturated/α-hetero) is 2. The molecule has 3 unspecified atom stereocenters. The Labute approximate surface area is 206 Å². The van der Waals surface area contributed by atoms with Crippen LogP contribution in [-0.2, 0) is 14.4 Å². The number of carbonyl (C=O) groups excluding carboxylic acids is 3. The molecule has 3 saturated carbocycles. The van der Waals surface area contributed by atoms with Gasteiger partial charge in [-0.1, -0.05) is 43.4 Å². The van der Waals surface area contributed by atoms with E-state index >= 15 is 0 Å². The predicted molar refractivity (Wildman–Crippen MR) is 133 cm³/mol. The van der Waals surface area contributed by atoms with Crippen molar-refractivity contribution in [3.05, 3.63) is 11.6 Å². The molecule has 0 spiro atoms. The monoisotopic (exact) mass is 489 g/mol. The molecule has 0 bridgehead atoms. The van der Waals surface area contributed by atoms with Crippen molar-refractivity contribution in [2.24, 2.45) is 28.6 Å². The molecule has 1 N–H and O–H groups in total. The first-order valence-corrected chi connectivity index (χ1v) is 13.9. The third kappa shape index (κ3) is 3.51. The number of allylic oxidation sites excluding steroid dienone is 1. The second kappa shape index (κ2) is 8.27. The number of likely N-dealkylation sites (tertiary alicyclic amines) is 1. The first-order chi connectivity index (χ1) is 15.6. The van der Waals surface area contributed by atoms with Crippen LogP contribution in [0.25, 0.3) is 0 Å². The van der Waals surface area contributed by atoms with Crippen LogP contribution in [0, 0.1) is 28.6 Å². The molecule has 5 rings (SSSR count). The average Bonchev–Trinajstić information content (AvgIpc) is 3.39. The van der Waals surface area contributed by atoms with Crippen LogP contribution >= 0.6 is 24.0 Å². The second-order valence-electron chi connectivity index (χ2n) is 11.5. The van der Waals surface area contributed by atoms with Crippen molar-refractivity contribution in [2.45, 2.75) is 77.2 Å². The highest BCUT2D eigenvalue weighted by molar-refractivity contribution is 8.23. The minimum atomic E-state index is -1.47. The third-order valence-corrected chi connectivity index (χ3v) is 11.5. The highest BCUT2D eigenvalue weighted by atomic mass is 32.2. The van der Waals surface area contributed by atoms with Crippen molar-refractivity contribution >= 4 is 45.7 Å². The summed E-state index contributed by atoms with van der Waals surface area (Å²) in [6, 6.07) is 0. The molecule has 1 heterocycles. The largest absolute Gasteiger partial charge is 0.381 e. The molecule has 33 heavy (non-hydrogen) atoms. The molecule has 0 radical (unpaired) electrons. The van der Waals surface area contributed by atoms with Gasteiger partial charge in [-0.3, -0.25) is 14.4 Å². The SMILES string of the molecule is C[C@]12CCC(=O)C=C1CCC1C2C(=O)C[C@@]2(C)C1CC[C@]2(O)C(=O)CSC(=S)N1CCCC1. The van der Waals surface area contributed by atoms with E-state index in [1.807, 2.05) is 6.92 Å². The van der Waals surface area contributed by atoms with E-state index in [0.29, 0.717) is 12.8 Å². The van der Waals surface area contributed by atoms with Crippen molar-refractivity contribution < 1.29 is 19.5 Å². The molecule has 6 atom stereocenters. The molecule has 0 aromatic carbocycles. The fraction of sp³-hybridized carbons (Fsp3) is 0.769. The zero-order chi connectivity index (χ0) is 23.6. The van der Waals surface area contributed by atoms with Crippen LogP contribution in [0.2, 0.25) is 0 Å². The first-order valence-electron chi connectivity index (χ1n) is 12.5. The van der Waals surface area contributed by atoms with E-state index in [2.05, 4.69) is 11.8 Å². The smallest absolute Gasteiger partial charge is 0.175 e. The van der Waals surface area contributed by atoms with Crippen LogP contribution < -0.4 is 0 Å². The molecule has 7 heteroatoms. The van der Waals surface area contributed by atoms with Crippen LogP contribution in [0.5, 0.6) is 0 Å². The van der Waals surface area contributed by atoms with E-state index in [1.165, 1.54) is 11.8 Å². The maximum Gasteiger partial charge on any atom is 0.175 e. The topological polar surface area (TPSA) is 74.7 Å². The Balaban J connectivity index is 1.36. The van der Waals surface area contributed by atoms with Gasteiger partial charge >= 0.3 is 0 Å². The van der Waals surface area contributed by atoms with Gasteiger partial charge in [0, 0.05) is 37.3 Å². The summed E-state index contributed by atoms with van der Waals surface area (Å²) < 4.78 is 0.746. The molecular formula is C26H35NO4S2. The predicted octanol–water partition coefficient (Wildman–Crippen LogP) is 4.11. The molecule has 1 saturated heterocycles. The lowest BCUT2D eigenvalue weighted by Gasteiger charge is -2.57. The van der Waals surface area contributed by atoms with Crippen molar-refractivity contribution in [1.29, 1.82) is 0 Å². The molecule has 5 aliphatic rings. The number of carbonyl (C=O) groups is 3. The summed E-state index contributed by atoms with van der Waals surface area (Å²) >= 11 is 6.89. The molecule has 5 nitrogen and oxygen atoms in total. The number of aliphatic hydroxyl groups is 1. The van der Waals surface area contributed by atoms with E-state index in [9.17, 15) is 19.5 Å². The standard InChI is InChI=1S/C26H35NO4S2/c1-24-9-7-17(28)13-16(24)5-6-18-19-8-10-26(31,25(19,2)14-20(29)22(18)24)21(30)15-33-23(32)27-11-3-4-12-27/h13,18-19,22,31H,3-12,14-15H2,1-2H3/t18?,19?,22?,24-,25-,26-/m0/s1. The first kappa shape index (κ1) is 23.7. The summed E-state index contributed by atoms with van der Waals surface area (Å²) in [5.74, 6) is 0.582. The van der Waals surface area contributed by atoms with Crippen molar-refractivity contribution in [1.82, 2.24) is 4.90 Å². The Hall–Kier alpha value is -1.05. The minimum Gasteiger partial charge on any atom is -0.381 e. The van der Waals surface area contributed by atoms with Gasteiger partial charge in [-0.2, -0.15) is 0 Å². The summed E-state index contributed by atoms with van der Waals surface area (Å²) in [4.78, 5) is 41.3. The number of hydrogen-bond donors (Lipinski definition) is 1. The number of hydrogen-bond acceptors (Lipinski definition) is 6. The zero-order valence-electron chi connectivity index (χ0n) is 19.7. The number of fused-ring (bicyclic) bond motifs is 5. The molecule has 1 aliphatic heterocycles. The summed E-state index contributed by atoms with van der Waals surface area (Å²) in [6.45, 7) is 6.05. The van der Waals surface area contributed by atoms with E-state index in [4.69, 9.17) is 12.2 Å². The fourth-order valence-corrected chi connectivity index (χ4v) is 9.30. The van der Waals surface area contributed by atoms with Gasteiger partial charge in [0.1, 0.15) is 15.7 Å². The number of nitrogens with zero attached hydrogens (tertiary/aromatic N) is 1. The number of thioether (sulfide) groups is 1. The van der Waals surface area contributed by atoms with Crippen LogP contribution in [0.3, 0.4) is 0 Å². The molecule has 4 fully saturated rings. The van der Waals surface area contributed by atoms with Gasteiger partial charge in [0.25, 0.3) is 0 Å². The summed E-state index contributed by atoms with van der Waals surface area (Å²) in [6.07, 6.45) is 8.48. The number of thiocarbonyl (C=S) groups is 1. The van der Waals surface area contributed by atoms with Crippen LogP contribution in [0.15, 0.2) is 11.6 Å². The highest BCUT2D eigenvalue weighted by Crippen LogP contribution is 2.66. The Kier molecular flexibility index (Phi) is 5.93. The lowest BCUT2D eigenvalue weighted by Crippen LogP contribution is -2.60. The fourth-order valence-electron chi connectivity index (χ4n) is 8.08. The highest BCUT2D eigenvalue weighted by Gasteiger charge is 2.68. The van der Waals surface area contributed by atoms with Crippen LogP contribution in [0.1, 0.15) is 71.6 Å². The normalized spacial score (nSPS) is 42.5. The molecule has 0 aromatic rings. The van der Waals surface area contributed by atoms with Gasteiger partial charge in [0.15, 0.2) is 11.6 Å². The Morgan fingerprint density at radius 2 is 1.91 bits per heavy atom. The lowest BCUT2D eigenvalue weighted by molar-refractivity contribution is -0.167. The van der Waals surface area contributed by atoms with Gasteiger partial charge < -0.3 is 10.0 Å². The Bertz CT molecular complexity index is 941. The quantitative estimate of drug-likeness (QED) is 0.598. The number of rotatable bonds is 3. The van der Waals surface area contributed by atoms with Gasteiger partial charge in [-0.15, -0.1) is 0 Å². The maximum atomic E-state index is 13.7. The average molecular weight is 490 g/mol. The van der Waals surface area contributed by atoms with Gasteiger partial charge in [0.05, 0.1) is 5.75 Å².